The minimum atomic E-state index is -4.86. The molecule has 260 valence electrons. The minimum absolute atomic E-state index is 0.0212. The van der Waals surface area contributed by atoms with Gasteiger partial charge in [0.1, 0.15) is 17.1 Å². The third-order valence-corrected chi connectivity index (χ3v) is 7.14. The molecule has 49 heavy (non-hydrogen) atoms. The topological polar surface area (TPSA) is 164 Å². The van der Waals surface area contributed by atoms with Crippen LogP contribution < -0.4 is 14.8 Å². The number of amides is 1. The molecule has 4 rings (SSSR count). The lowest BCUT2D eigenvalue weighted by Gasteiger charge is -2.31. The molecule has 2 atom stereocenters. The van der Waals surface area contributed by atoms with Crippen LogP contribution >= 0.6 is 0 Å². The standard InChI is InChI=1S/C34H36F3N5O7/c1-32(2,3)49-28(44)17-18-33(31(45)39-21-22-9-13-25(14-10-22)48-34(35,36)37)29(26-7-4-5-8-27(26)41-42-38)47-30(40-33)23-11-15-24(16-12-23)46-20-6-19-43/h4-5,7-16,29,43H,6,17-21H2,1-3H3,(H,39,45)/t29-,33-/m1/s1. The summed E-state index contributed by atoms with van der Waals surface area (Å²) < 4.78 is 59.4. The number of rotatable bonds is 14. The molecule has 0 spiro atoms. The first-order chi connectivity index (χ1) is 23.2. The zero-order valence-electron chi connectivity index (χ0n) is 27.1. The predicted molar refractivity (Wildman–Crippen MR) is 172 cm³/mol. The quantitative estimate of drug-likeness (QED) is 0.0608. The van der Waals surface area contributed by atoms with Crippen LogP contribution in [0.4, 0.5) is 18.9 Å². The smallest absolute Gasteiger partial charge is 0.494 e. The third kappa shape index (κ3) is 10.1. The average Bonchev–Trinajstić information content (AvgIpc) is 3.43. The summed E-state index contributed by atoms with van der Waals surface area (Å²) in [7, 11) is 0. The van der Waals surface area contributed by atoms with Crippen molar-refractivity contribution in [1.82, 2.24) is 5.32 Å². The Morgan fingerprint density at radius 3 is 2.35 bits per heavy atom. The van der Waals surface area contributed by atoms with Crippen molar-refractivity contribution in [3.63, 3.8) is 0 Å². The molecule has 1 aliphatic heterocycles. The lowest BCUT2D eigenvalue weighted by Crippen LogP contribution is -2.48. The van der Waals surface area contributed by atoms with Crippen LogP contribution in [0.15, 0.2) is 82.9 Å². The molecule has 0 saturated heterocycles. The number of azide groups is 1. The van der Waals surface area contributed by atoms with Crippen LogP contribution in [-0.2, 0) is 25.6 Å². The van der Waals surface area contributed by atoms with E-state index < -0.39 is 41.2 Å². The SMILES string of the molecule is CC(C)(C)OC(=O)CC[C@@]1(C(=O)NCc2ccc(OC(F)(F)F)cc2)N=C(c2ccc(OCCCO)cc2)O[C@@H]1c1ccccc1N=[N+]=[N-]. The summed E-state index contributed by atoms with van der Waals surface area (Å²) in [5.74, 6) is -1.08. The van der Waals surface area contributed by atoms with Crippen molar-refractivity contribution >= 4 is 23.5 Å². The number of carbonyl (C=O) groups excluding carboxylic acids is 2. The van der Waals surface area contributed by atoms with Gasteiger partial charge in [-0.15, -0.1) is 13.2 Å². The van der Waals surface area contributed by atoms with E-state index >= 15 is 0 Å². The third-order valence-electron chi connectivity index (χ3n) is 7.14. The first-order valence-corrected chi connectivity index (χ1v) is 15.3. The second kappa shape index (κ2) is 15.8. The Kier molecular flexibility index (Phi) is 11.8. The van der Waals surface area contributed by atoms with Gasteiger partial charge in [0.25, 0.3) is 5.91 Å². The van der Waals surface area contributed by atoms with E-state index in [-0.39, 0.29) is 37.6 Å². The Morgan fingerprint density at radius 2 is 1.71 bits per heavy atom. The molecule has 3 aromatic rings. The molecular weight excluding hydrogens is 647 g/mol. The van der Waals surface area contributed by atoms with Crippen molar-refractivity contribution in [3.8, 4) is 11.5 Å². The largest absolute Gasteiger partial charge is 0.573 e. The highest BCUT2D eigenvalue weighted by molar-refractivity contribution is 6.01. The maximum atomic E-state index is 14.4. The van der Waals surface area contributed by atoms with E-state index in [1.54, 1.807) is 69.3 Å². The molecule has 0 bridgehead atoms. The van der Waals surface area contributed by atoms with Crippen LogP contribution in [0.1, 0.15) is 62.8 Å². The summed E-state index contributed by atoms with van der Waals surface area (Å²) in [5, 5.41) is 15.6. The Labute approximate surface area is 280 Å². The predicted octanol–water partition coefficient (Wildman–Crippen LogP) is 6.98. The molecule has 0 aromatic heterocycles. The van der Waals surface area contributed by atoms with Crippen molar-refractivity contribution in [3.05, 3.63) is 99.9 Å². The number of aliphatic hydroxyl groups excluding tert-OH is 1. The van der Waals surface area contributed by atoms with Crippen LogP contribution in [-0.4, -0.2) is 53.6 Å². The molecule has 3 aromatic carbocycles. The summed E-state index contributed by atoms with van der Waals surface area (Å²) in [6.07, 6.45) is -6.03. The Hall–Kier alpha value is -5.27. The van der Waals surface area contributed by atoms with Crippen molar-refractivity contribution in [2.24, 2.45) is 10.1 Å². The number of carbonyl (C=O) groups is 2. The van der Waals surface area contributed by atoms with Gasteiger partial charge in [-0.05, 0) is 74.7 Å². The molecule has 0 unspecified atom stereocenters. The van der Waals surface area contributed by atoms with Gasteiger partial charge in [0.05, 0.1) is 6.61 Å². The lowest BCUT2D eigenvalue weighted by molar-refractivity contribution is -0.274. The van der Waals surface area contributed by atoms with E-state index in [2.05, 4.69) is 20.1 Å². The van der Waals surface area contributed by atoms with E-state index in [0.717, 1.165) is 12.1 Å². The van der Waals surface area contributed by atoms with Crippen molar-refractivity contribution < 1.29 is 46.8 Å². The lowest BCUT2D eigenvalue weighted by atomic mass is 9.82. The van der Waals surface area contributed by atoms with Gasteiger partial charge in [-0.1, -0.05) is 41.5 Å². The minimum Gasteiger partial charge on any atom is -0.494 e. The van der Waals surface area contributed by atoms with E-state index in [1.807, 2.05) is 0 Å². The molecule has 1 amide bonds. The number of ether oxygens (including phenoxy) is 4. The number of benzene rings is 3. The fraction of sp³-hybridized carbons (Fsp3) is 0.382. The van der Waals surface area contributed by atoms with Crippen molar-refractivity contribution in [2.45, 2.75) is 70.2 Å². The van der Waals surface area contributed by atoms with Crippen LogP contribution in [0.3, 0.4) is 0 Å². The number of halogens is 3. The van der Waals surface area contributed by atoms with Crippen LogP contribution in [0, 0.1) is 0 Å². The van der Waals surface area contributed by atoms with Gasteiger partial charge < -0.3 is 29.4 Å². The van der Waals surface area contributed by atoms with E-state index in [1.165, 1.54) is 12.1 Å². The fourth-order valence-electron chi connectivity index (χ4n) is 5.03. The Balaban J connectivity index is 1.74. The number of hydrogen-bond acceptors (Lipinski definition) is 9. The van der Waals surface area contributed by atoms with Crippen LogP contribution in [0.5, 0.6) is 11.5 Å². The summed E-state index contributed by atoms with van der Waals surface area (Å²) in [6, 6.07) is 18.2. The molecular formula is C34H36F3N5O7. The highest BCUT2D eigenvalue weighted by atomic mass is 19.4. The number of esters is 1. The number of nitrogens with one attached hydrogen (secondary N) is 1. The maximum absolute atomic E-state index is 14.4. The molecule has 0 aliphatic carbocycles. The summed E-state index contributed by atoms with van der Waals surface area (Å²) in [5.41, 5.74) is 8.12. The van der Waals surface area contributed by atoms with Gasteiger partial charge in [0.2, 0.25) is 5.90 Å². The zero-order valence-corrected chi connectivity index (χ0v) is 27.1. The number of aliphatic imine (C=N–C) groups is 1. The van der Waals surface area contributed by atoms with E-state index in [0.29, 0.717) is 35.5 Å². The molecule has 1 heterocycles. The highest BCUT2D eigenvalue weighted by Crippen LogP contribution is 2.46. The van der Waals surface area contributed by atoms with E-state index in [9.17, 15) is 28.3 Å². The van der Waals surface area contributed by atoms with E-state index in [4.69, 9.17) is 24.3 Å². The molecule has 0 saturated carbocycles. The summed E-state index contributed by atoms with van der Waals surface area (Å²) in [4.78, 5) is 35.0. The molecule has 0 fully saturated rings. The van der Waals surface area contributed by atoms with Gasteiger partial charge in [0, 0.05) is 47.7 Å². The van der Waals surface area contributed by atoms with Gasteiger partial charge >= 0.3 is 12.3 Å². The zero-order chi connectivity index (χ0) is 35.7. The number of hydrogen-bond donors (Lipinski definition) is 2. The monoisotopic (exact) mass is 683 g/mol. The first-order valence-electron chi connectivity index (χ1n) is 15.3. The first kappa shape index (κ1) is 36.6. The maximum Gasteiger partial charge on any atom is 0.573 e. The fourth-order valence-corrected chi connectivity index (χ4v) is 5.03. The Morgan fingerprint density at radius 1 is 1.04 bits per heavy atom. The van der Waals surface area contributed by atoms with Gasteiger partial charge in [0.15, 0.2) is 11.6 Å². The molecule has 15 heteroatoms. The van der Waals surface area contributed by atoms with Crippen LogP contribution in [0.2, 0.25) is 0 Å². The summed E-state index contributed by atoms with van der Waals surface area (Å²) >= 11 is 0. The molecule has 0 radical (unpaired) electrons. The Bertz CT molecular complexity index is 1690. The number of nitrogens with zero attached hydrogens (tertiary/aromatic N) is 4. The molecule has 2 N–H and O–H groups in total. The molecule has 12 nitrogen and oxygen atoms in total. The second-order valence-electron chi connectivity index (χ2n) is 12.0. The van der Waals surface area contributed by atoms with Crippen molar-refractivity contribution in [1.29, 1.82) is 0 Å². The van der Waals surface area contributed by atoms with Crippen LogP contribution in [0.25, 0.3) is 10.4 Å². The van der Waals surface area contributed by atoms with Gasteiger partial charge in [-0.3, -0.25) is 9.59 Å². The average molecular weight is 684 g/mol. The summed E-state index contributed by atoms with van der Waals surface area (Å²) in [6.45, 7) is 5.30. The second-order valence-corrected chi connectivity index (χ2v) is 12.0. The highest BCUT2D eigenvalue weighted by Gasteiger charge is 2.54. The van der Waals surface area contributed by atoms with Gasteiger partial charge in [-0.25, -0.2) is 4.99 Å². The molecule has 1 aliphatic rings. The van der Waals surface area contributed by atoms with Crippen molar-refractivity contribution in [2.75, 3.05) is 13.2 Å². The number of alkyl halides is 3. The van der Waals surface area contributed by atoms with Gasteiger partial charge in [-0.2, -0.15) is 0 Å². The number of aliphatic hydroxyl groups is 1. The normalized spacial score (nSPS) is 17.3.